The highest BCUT2D eigenvalue weighted by Gasteiger charge is 2.18. The molecule has 0 bridgehead atoms. The second kappa shape index (κ2) is 4.00. The summed E-state index contributed by atoms with van der Waals surface area (Å²) in [5.41, 5.74) is -0.617. The molecule has 0 aliphatic rings. The van der Waals surface area contributed by atoms with Gasteiger partial charge in [-0.15, -0.1) is 0 Å². The van der Waals surface area contributed by atoms with Gasteiger partial charge in [0.2, 0.25) is 0 Å². The molecule has 16 heavy (non-hydrogen) atoms. The second-order valence-corrected chi connectivity index (χ2v) is 3.30. The van der Waals surface area contributed by atoms with E-state index >= 15 is 0 Å². The lowest BCUT2D eigenvalue weighted by Gasteiger charge is -2.07. The second-order valence-electron chi connectivity index (χ2n) is 3.30. The van der Waals surface area contributed by atoms with Crippen LogP contribution in [0.5, 0.6) is 0 Å². The number of rotatable bonds is 2. The maximum Gasteiger partial charge on any atom is 0.166 e. The van der Waals surface area contributed by atoms with Gasteiger partial charge in [0, 0.05) is 24.0 Å². The number of aromatic nitrogens is 1. The van der Waals surface area contributed by atoms with Gasteiger partial charge in [0.25, 0.3) is 0 Å². The zero-order chi connectivity index (χ0) is 11.7. The lowest BCUT2D eigenvalue weighted by Crippen LogP contribution is -2.07. The maximum atomic E-state index is 13.2. The van der Waals surface area contributed by atoms with Gasteiger partial charge in [0.1, 0.15) is 0 Å². The Labute approximate surface area is 88.9 Å². The van der Waals surface area contributed by atoms with Crippen molar-refractivity contribution in [3.8, 4) is 0 Å². The molecule has 0 amide bonds. The third kappa shape index (κ3) is 1.80. The van der Waals surface area contributed by atoms with Gasteiger partial charge in [-0.25, -0.2) is 17.6 Å². The molecule has 0 radical (unpaired) electrons. The number of halogens is 4. The van der Waals surface area contributed by atoms with Crippen molar-refractivity contribution in [2.75, 3.05) is 0 Å². The highest BCUT2D eigenvalue weighted by atomic mass is 19.2. The van der Waals surface area contributed by atoms with Gasteiger partial charge in [0.15, 0.2) is 23.3 Å². The van der Waals surface area contributed by atoms with E-state index in [1.807, 2.05) is 0 Å². The number of hydrogen-bond donors (Lipinski definition) is 0. The van der Waals surface area contributed by atoms with Crippen molar-refractivity contribution < 1.29 is 17.6 Å². The summed E-state index contributed by atoms with van der Waals surface area (Å²) >= 11 is 0. The predicted octanol–water partition coefficient (Wildman–Crippen LogP) is 3.09. The molecule has 2 rings (SSSR count). The molecule has 0 saturated heterocycles. The van der Waals surface area contributed by atoms with E-state index < -0.39 is 28.8 Å². The minimum Gasteiger partial charge on any atom is -0.350 e. The summed E-state index contributed by atoms with van der Waals surface area (Å²) in [6, 6.07) is 3.49. The molecule has 0 atom stereocenters. The van der Waals surface area contributed by atoms with Crippen molar-refractivity contribution in [3.05, 3.63) is 59.4 Å². The predicted molar refractivity (Wildman–Crippen MR) is 49.8 cm³/mol. The van der Waals surface area contributed by atoms with E-state index in [1.165, 1.54) is 4.57 Å². The van der Waals surface area contributed by atoms with Crippen LogP contribution in [-0.4, -0.2) is 4.57 Å². The van der Waals surface area contributed by atoms with E-state index in [4.69, 9.17) is 0 Å². The molecule has 0 spiro atoms. The van der Waals surface area contributed by atoms with Gasteiger partial charge in [-0.2, -0.15) is 0 Å². The van der Waals surface area contributed by atoms with Gasteiger partial charge < -0.3 is 4.57 Å². The topological polar surface area (TPSA) is 4.93 Å². The molecule has 5 heteroatoms. The van der Waals surface area contributed by atoms with Crippen molar-refractivity contribution >= 4 is 0 Å². The molecule has 0 unspecified atom stereocenters. The number of benzene rings is 1. The third-order valence-corrected chi connectivity index (χ3v) is 2.21. The van der Waals surface area contributed by atoms with E-state index in [-0.39, 0.29) is 12.6 Å². The number of nitrogens with zero attached hydrogens (tertiary/aromatic N) is 1. The Balaban J connectivity index is 2.47. The van der Waals surface area contributed by atoms with E-state index in [0.717, 1.165) is 0 Å². The summed E-state index contributed by atoms with van der Waals surface area (Å²) in [4.78, 5) is 0. The minimum atomic E-state index is -1.39. The Hall–Kier alpha value is -1.78. The summed E-state index contributed by atoms with van der Waals surface area (Å²) < 4.78 is 53.6. The summed E-state index contributed by atoms with van der Waals surface area (Å²) in [5, 5.41) is 0. The largest absolute Gasteiger partial charge is 0.350 e. The zero-order valence-corrected chi connectivity index (χ0v) is 8.05. The Morgan fingerprint density at radius 3 is 1.88 bits per heavy atom. The van der Waals surface area contributed by atoms with Crippen LogP contribution in [0.15, 0.2) is 30.6 Å². The van der Waals surface area contributed by atoms with Crippen molar-refractivity contribution in [2.24, 2.45) is 0 Å². The van der Waals surface area contributed by atoms with Crippen molar-refractivity contribution in [2.45, 2.75) is 6.54 Å². The molecule has 0 fully saturated rings. The normalized spacial score (nSPS) is 10.8. The summed E-state index contributed by atoms with van der Waals surface area (Å²) in [7, 11) is 0. The minimum absolute atomic E-state index is 0.198. The molecule has 2 aromatic rings. The molecule has 1 aromatic carbocycles. The Morgan fingerprint density at radius 2 is 1.38 bits per heavy atom. The van der Waals surface area contributed by atoms with E-state index in [9.17, 15) is 17.6 Å². The van der Waals surface area contributed by atoms with Crippen molar-refractivity contribution in [1.29, 1.82) is 0 Å². The SMILES string of the molecule is Fc1cc(F)c(F)c(Cn2cccc2)c1F. The van der Waals surface area contributed by atoms with Gasteiger partial charge in [-0.05, 0) is 12.1 Å². The zero-order valence-electron chi connectivity index (χ0n) is 8.05. The average molecular weight is 229 g/mol. The highest BCUT2D eigenvalue weighted by Crippen LogP contribution is 2.20. The maximum absolute atomic E-state index is 13.2. The molecule has 1 heterocycles. The molecule has 0 aliphatic heterocycles. The molecular weight excluding hydrogens is 222 g/mol. The fraction of sp³-hybridized carbons (Fsp3) is 0.0909. The number of hydrogen-bond acceptors (Lipinski definition) is 0. The van der Waals surface area contributed by atoms with Crippen LogP contribution in [0.2, 0.25) is 0 Å². The van der Waals surface area contributed by atoms with Crippen LogP contribution >= 0.6 is 0 Å². The fourth-order valence-corrected chi connectivity index (χ4v) is 1.42. The molecule has 84 valence electrons. The molecule has 1 nitrogen and oxygen atoms in total. The highest BCUT2D eigenvalue weighted by molar-refractivity contribution is 5.23. The molecule has 1 aromatic heterocycles. The summed E-state index contributed by atoms with van der Waals surface area (Å²) in [6.45, 7) is -0.251. The first-order valence-corrected chi connectivity index (χ1v) is 4.52. The van der Waals surface area contributed by atoms with E-state index in [2.05, 4.69) is 0 Å². The molecular formula is C11H7F4N. The molecule has 0 saturated carbocycles. The Bertz CT molecular complexity index is 479. The Morgan fingerprint density at radius 1 is 0.875 bits per heavy atom. The average Bonchev–Trinajstić information content (AvgIpc) is 2.74. The third-order valence-electron chi connectivity index (χ3n) is 2.21. The first kappa shape index (κ1) is 10.7. The fourth-order valence-electron chi connectivity index (χ4n) is 1.42. The van der Waals surface area contributed by atoms with Gasteiger partial charge >= 0.3 is 0 Å². The lowest BCUT2D eigenvalue weighted by molar-refractivity contribution is 0.435. The van der Waals surface area contributed by atoms with Gasteiger partial charge in [-0.3, -0.25) is 0 Å². The Kier molecular flexibility index (Phi) is 2.68. The van der Waals surface area contributed by atoms with Gasteiger partial charge in [-0.1, -0.05) is 0 Å². The van der Waals surface area contributed by atoms with Crippen molar-refractivity contribution in [1.82, 2.24) is 4.57 Å². The molecule has 0 N–H and O–H groups in total. The van der Waals surface area contributed by atoms with Crippen molar-refractivity contribution in [3.63, 3.8) is 0 Å². The van der Waals surface area contributed by atoms with Crippen LogP contribution in [0.4, 0.5) is 17.6 Å². The van der Waals surface area contributed by atoms with E-state index in [1.54, 1.807) is 24.5 Å². The van der Waals surface area contributed by atoms with Gasteiger partial charge in [0.05, 0.1) is 6.54 Å². The van der Waals surface area contributed by atoms with Crippen LogP contribution in [0.25, 0.3) is 0 Å². The van der Waals surface area contributed by atoms with Crippen LogP contribution < -0.4 is 0 Å². The first-order valence-electron chi connectivity index (χ1n) is 4.52. The van der Waals surface area contributed by atoms with Crippen LogP contribution in [0, 0.1) is 23.3 Å². The molecule has 0 aliphatic carbocycles. The van der Waals surface area contributed by atoms with E-state index in [0.29, 0.717) is 0 Å². The smallest absolute Gasteiger partial charge is 0.166 e. The quantitative estimate of drug-likeness (QED) is 0.551. The van der Waals surface area contributed by atoms with Crippen LogP contribution in [-0.2, 0) is 6.54 Å². The monoisotopic (exact) mass is 229 g/mol. The summed E-state index contributed by atoms with van der Waals surface area (Å²) in [6.07, 6.45) is 3.09. The standard InChI is InChI=1S/C11H7F4N/c12-8-5-9(13)11(15)7(10(8)14)6-16-3-1-2-4-16/h1-5H,6H2. The summed E-state index contributed by atoms with van der Waals surface area (Å²) in [5.74, 6) is -5.48. The van der Waals surface area contributed by atoms with Crippen LogP contribution in [0.1, 0.15) is 5.56 Å². The first-order chi connectivity index (χ1) is 7.59. The lowest BCUT2D eigenvalue weighted by atomic mass is 10.2. The van der Waals surface area contributed by atoms with Crippen LogP contribution in [0.3, 0.4) is 0 Å².